The first kappa shape index (κ1) is 45.5. The van der Waals surface area contributed by atoms with E-state index in [1.165, 1.54) is 18.0 Å². The van der Waals surface area contributed by atoms with Crippen molar-refractivity contribution in [1.29, 1.82) is 0 Å². The minimum absolute atomic E-state index is 0.0629. The Morgan fingerprint density at radius 2 is 1.31 bits per heavy atom. The van der Waals surface area contributed by atoms with E-state index in [0.29, 0.717) is 39.9 Å². The molecule has 0 saturated heterocycles. The Labute approximate surface area is 354 Å². The van der Waals surface area contributed by atoms with Crippen molar-refractivity contribution in [2.75, 3.05) is 18.9 Å². The van der Waals surface area contributed by atoms with Crippen LogP contribution >= 0.6 is 0 Å². The summed E-state index contributed by atoms with van der Waals surface area (Å²) >= 11 is 0. The van der Waals surface area contributed by atoms with Gasteiger partial charge in [0.2, 0.25) is 0 Å². The number of amides is 1. The van der Waals surface area contributed by atoms with Crippen LogP contribution in [0.25, 0.3) is 33.4 Å². The van der Waals surface area contributed by atoms with Crippen molar-refractivity contribution in [2.45, 2.75) is 45.5 Å². The third-order valence-electron chi connectivity index (χ3n) is 9.51. The fourth-order valence-electron chi connectivity index (χ4n) is 6.56. The number of nitrogens with zero attached hydrogens (tertiary/aromatic N) is 2. The van der Waals surface area contributed by atoms with Crippen LogP contribution in [0, 0.1) is 0 Å². The number of anilines is 1. The monoisotopic (exact) mass is 929 g/mol. The number of carboxylic acid groups (broad SMARTS) is 1. The number of carbonyl (C=O) groups excluding carboxylic acids is 1. The van der Waals surface area contributed by atoms with Crippen LogP contribution in [0.3, 0.4) is 0 Å². The molecule has 326 valence electrons. The molecule has 19 nitrogen and oxygen atoms in total. The van der Waals surface area contributed by atoms with E-state index >= 15 is 0 Å². The lowest BCUT2D eigenvalue weighted by Crippen LogP contribution is -2.28. The van der Waals surface area contributed by atoms with Gasteiger partial charge in [-0.05, 0) is 77.7 Å². The topological polar surface area (TPSA) is 313 Å². The molecule has 1 heterocycles. The summed E-state index contributed by atoms with van der Waals surface area (Å²) in [5.41, 5.74) is 2.05. The molecule has 0 fully saturated rings. The molecule has 0 spiro atoms. The Morgan fingerprint density at radius 1 is 0.694 bits per heavy atom. The molecular formula is C39H35N3O16S4. The number of aliphatic carboxylic acids is 1. The largest absolute Gasteiger partial charge is 0.481 e. The number of hydrogen-bond donors (Lipinski definition) is 6. The second-order valence-corrected chi connectivity index (χ2v) is 19.4. The molecule has 62 heavy (non-hydrogen) atoms. The number of carbonyl (C=O) groups is 2. The summed E-state index contributed by atoms with van der Waals surface area (Å²) in [7, 11) is -18.0. The van der Waals surface area contributed by atoms with Gasteiger partial charge in [0.1, 0.15) is 21.1 Å². The highest BCUT2D eigenvalue weighted by Crippen LogP contribution is 2.42. The third kappa shape index (κ3) is 10.3. The van der Waals surface area contributed by atoms with Gasteiger partial charge in [0, 0.05) is 66.5 Å². The number of carboxylic acids is 1. The third-order valence-corrected chi connectivity index (χ3v) is 13.1. The number of nitrogens with one attached hydrogen (secondary N) is 1. The average molecular weight is 930 g/mol. The molecule has 0 atom stereocenters. The predicted molar refractivity (Wildman–Crippen MR) is 221 cm³/mol. The lowest BCUT2D eigenvalue weighted by molar-refractivity contribution is -0.137. The van der Waals surface area contributed by atoms with Crippen molar-refractivity contribution in [1.82, 2.24) is 4.90 Å². The van der Waals surface area contributed by atoms with Gasteiger partial charge in [0.25, 0.3) is 46.4 Å². The van der Waals surface area contributed by atoms with Gasteiger partial charge in [0.05, 0.1) is 21.7 Å². The standard InChI is InChI=1S/C39H35N3O16S4/c1-42(16-4-7-37(43)44)39(45)30-6-3-2-5-29(30)38-31-14-10-25(40-21-23-8-12-27(59(46,47)48)19-35(23)61(52,53)54)17-33(31)58-34-18-26(11-15-32(34)38)41-22-24-9-13-28(60(49,50)51)20-36(24)62(55,56)57/h2-3,5-6,8-15,17-20,40H,4,7,16,21-22H2,1H3,(H,43,44)(H,46,47,48)(H,49,50,51)(H,52,53,54)(H,55,56,57)/b41-26-. The zero-order valence-corrected chi connectivity index (χ0v) is 35.3. The van der Waals surface area contributed by atoms with E-state index in [0.717, 1.165) is 24.3 Å². The fraction of sp³-hybridized carbons (Fsp3) is 0.154. The molecule has 6 rings (SSSR count). The molecular weight excluding hydrogens is 895 g/mol. The smallest absolute Gasteiger partial charge is 0.303 e. The Morgan fingerprint density at radius 3 is 1.92 bits per heavy atom. The predicted octanol–water partition coefficient (Wildman–Crippen LogP) is 4.84. The minimum Gasteiger partial charge on any atom is -0.481 e. The van der Waals surface area contributed by atoms with Crippen molar-refractivity contribution in [2.24, 2.45) is 4.99 Å². The van der Waals surface area contributed by atoms with Crippen LogP contribution in [0.4, 0.5) is 5.69 Å². The summed E-state index contributed by atoms with van der Waals surface area (Å²) in [5.74, 6) is -1.24. The molecule has 2 aliphatic rings. The highest BCUT2D eigenvalue weighted by atomic mass is 32.2. The summed E-state index contributed by atoms with van der Waals surface area (Å²) in [4.78, 5) is 27.7. The lowest BCUT2D eigenvalue weighted by atomic mass is 9.90. The molecule has 23 heteroatoms. The van der Waals surface area contributed by atoms with Crippen LogP contribution in [-0.4, -0.2) is 87.4 Å². The molecule has 0 bridgehead atoms. The van der Waals surface area contributed by atoms with Gasteiger partial charge >= 0.3 is 5.97 Å². The molecule has 0 saturated carbocycles. The number of hydrogen-bond acceptors (Lipinski definition) is 13. The maximum atomic E-state index is 13.9. The summed E-state index contributed by atoms with van der Waals surface area (Å²) in [5, 5.41) is 12.8. The SMILES string of the molecule is CN(CCCC(=O)O)C(=O)c1ccccc1-c1c2cc/c(=N/Cc3ccc(S(=O)(=O)O)cc3S(=O)(=O)O)cc-2oc2cc(NCc3ccc(S(=O)(=O)O)cc3S(=O)(=O)O)ccc12. The Balaban J connectivity index is 1.49. The van der Waals surface area contributed by atoms with E-state index in [-0.39, 0.29) is 59.3 Å². The molecule has 1 amide bonds. The van der Waals surface area contributed by atoms with Crippen LogP contribution in [0.1, 0.15) is 34.3 Å². The zero-order chi connectivity index (χ0) is 45.4. The molecule has 6 N–H and O–H groups in total. The highest BCUT2D eigenvalue weighted by Gasteiger charge is 2.25. The first-order chi connectivity index (χ1) is 28.9. The van der Waals surface area contributed by atoms with Gasteiger partial charge in [-0.3, -0.25) is 32.8 Å². The van der Waals surface area contributed by atoms with Crippen molar-refractivity contribution in [3.05, 3.63) is 119 Å². The maximum Gasteiger partial charge on any atom is 0.303 e. The number of benzene rings is 5. The van der Waals surface area contributed by atoms with Gasteiger partial charge in [0.15, 0.2) is 0 Å². The van der Waals surface area contributed by atoms with Gasteiger partial charge in [-0.25, -0.2) is 0 Å². The molecule has 0 radical (unpaired) electrons. The molecule has 4 aromatic carbocycles. The molecule has 4 aromatic rings. The Kier molecular flexibility index (Phi) is 12.7. The molecule has 0 aromatic heterocycles. The van der Waals surface area contributed by atoms with Crippen molar-refractivity contribution >= 4 is 69.0 Å². The van der Waals surface area contributed by atoms with E-state index in [1.54, 1.807) is 54.6 Å². The normalized spacial score (nSPS) is 12.8. The second-order valence-electron chi connectivity index (χ2n) is 13.7. The number of fused-ring (bicyclic) bond motifs is 2. The fourth-order valence-corrected chi connectivity index (χ4v) is 9.21. The number of rotatable bonds is 15. The first-order valence-corrected chi connectivity index (χ1v) is 23.7. The van der Waals surface area contributed by atoms with Crippen molar-refractivity contribution in [3.8, 4) is 22.5 Å². The van der Waals surface area contributed by atoms with E-state index in [4.69, 9.17) is 9.52 Å². The van der Waals surface area contributed by atoms with Crippen LogP contribution in [0.2, 0.25) is 0 Å². The lowest BCUT2D eigenvalue weighted by Gasteiger charge is -2.21. The summed E-state index contributed by atoms with van der Waals surface area (Å²) in [6.07, 6.45) is 0.0448. The van der Waals surface area contributed by atoms with E-state index in [2.05, 4.69) is 10.3 Å². The van der Waals surface area contributed by atoms with E-state index in [1.807, 2.05) is 0 Å². The quantitative estimate of drug-likeness (QED) is 0.0593. The summed E-state index contributed by atoms with van der Waals surface area (Å²) < 4.78 is 140. The zero-order valence-electron chi connectivity index (χ0n) is 32.0. The average Bonchev–Trinajstić information content (AvgIpc) is 3.19. The van der Waals surface area contributed by atoms with Crippen LogP contribution in [-0.2, 0) is 58.4 Å². The minimum atomic E-state index is -4.98. The van der Waals surface area contributed by atoms with Crippen LogP contribution in [0.15, 0.2) is 126 Å². The first-order valence-electron chi connectivity index (χ1n) is 17.9. The Hall–Kier alpha value is -6.05. The highest BCUT2D eigenvalue weighted by molar-refractivity contribution is 7.87. The van der Waals surface area contributed by atoms with Gasteiger partial charge < -0.3 is 19.7 Å². The van der Waals surface area contributed by atoms with Crippen LogP contribution < -0.4 is 10.7 Å². The molecule has 1 aliphatic carbocycles. The van der Waals surface area contributed by atoms with E-state index < -0.39 is 78.5 Å². The Bertz CT molecular complexity index is 3280. The van der Waals surface area contributed by atoms with Gasteiger partial charge in [-0.2, -0.15) is 33.7 Å². The summed E-state index contributed by atoms with van der Waals surface area (Å²) in [6.45, 7) is -0.540. The molecule has 1 aliphatic heterocycles. The van der Waals surface area contributed by atoms with Crippen LogP contribution in [0.5, 0.6) is 0 Å². The van der Waals surface area contributed by atoms with Crippen molar-refractivity contribution in [3.63, 3.8) is 0 Å². The second kappa shape index (κ2) is 17.4. The van der Waals surface area contributed by atoms with E-state index in [9.17, 15) is 61.5 Å². The van der Waals surface area contributed by atoms with Gasteiger partial charge in [-0.15, -0.1) is 0 Å². The maximum absolute atomic E-state index is 13.9. The molecule has 0 unspecified atom stereocenters. The summed E-state index contributed by atoms with van der Waals surface area (Å²) in [6, 6.07) is 21.4. The van der Waals surface area contributed by atoms with Crippen molar-refractivity contribution < 1.29 is 71.0 Å². The van der Waals surface area contributed by atoms with Gasteiger partial charge in [-0.1, -0.05) is 30.3 Å².